The van der Waals surface area contributed by atoms with Crippen LogP contribution in [-0.2, 0) is 11.3 Å². The molecule has 1 fully saturated rings. The van der Waals surface area contributed by atoms with Crippen molar-refractivity contribution in [1.82, 2.24) is 9.88 Å². The summed E-state index contributed by atoms with van der Waals surface area (Å²) in [4.78, 5) is 31.0. The third-order valence-corrected chi connectivity index (χ3v) is 6.17. The second-order valence-corrected chi connectivity index (χ2v) is 8.47. The molecule has 0 saturated carbocycles. The van der Waals surface area contributed by atoms with Crippen LogP contribution in [0, 0.1) is 10.1 Å². The Morgan fingerprint density at radius 2 is 1.77 bits per heavy atom. The van der Waals surface area contributed by atoms with Crippen molar-refractivity contribution < 1.29 is 14.8 Å². The van der Waals surface area contributed by atoms with Crippen molar-refractivity contribution in [1.29, 1.82) is 0 Å². The van der Waals surface area contributed by atoms with Gasteiger partial charge < -0.3 is 10.0 Å². The first-order valence-electron chi connectivity index (χ1n) is 9.80. The normalized spacial score (nSPS) is 21.1. The third kappa shape index (κ3) is 4.44. The van der Waals surface area contributed by atoms with Crippen LogP contribution in [0.4, 0.5) is 0 Å². The molecule has 31 heavy (non-hydrogen) atoms. The quantitative estimate of drug-likeness (QED) is 0.428. The van der Waals surface area contributed by atoms with Gasteiger partial charge in [-0.25, -0.2) is 0 Å². The van der Waals surface area contributed by atoms with Crippen LogP contribution in [0.3, 0.4) is 0 Å². The van der Waals surface area contributed by atoms with Gasteiger partial charge in [0.1, 0.15) is 11.8 Å². The first kappa shape index (κ1) is 21.0. The number of carbonyl (C=O) groups excluding carboxylic acids is 1. The van der Waals surface area contributed by atoms with E-state index in [9.17, 15) is 20.0 Å². The first-order chi connectivity index (χ1) is 14.9. The minimum Gasteiger partial charge on any atom is -0.508 e. The fourth-order valence-electron chi connectivity index (χ4n) is 4.20. The van der Waals surface area contributed by atoms with E-state index in [1.54, 1.807) is 35.5 Å². The van der Waals surface area contributed by atoms with Gasteiger partial charge in [-0.15, -0.1) is 0 Å². The van der Waals surface area contributed by atoms with Crippen LogP contribution in [0.2, 0.25) is 0 Å². The lowest BCUT2D eigenvalue weighted by atomic mass is 9.78. The Bertz CT molecular complexity index is 1070. The van der Waals surface area contributed by atoms with Gasteiger partial charge in [-0.2, -0.15) is 0 Å². The minimum absolute atomic E-state index is 0.0438. The number of nitrogens with zero attached hydrogens (tertiary/aromatic N) is 3. The Morgan fingerprint density at radius 3 is 2.39 bits per heavy atom. The summed E-state index contributed by atoms with van der Waals surface area (Å²) in [6.45, 7) is 0.218. The largest absolute Gasteiger partial charge is 0.508 e. The van der Waals surface area contributed by atoms with Gasteiger partial charge in [-0.3, -0.25) is 19.9 Å². The highest BCUT2D eigenvalue weighted by Crippen LogP contribution is 2.43. The number of nitro groups is 1. The van der Waals surface area contributed by atoms with E-state index in [1.807, 2.05) is 30.3 Å². The van der Waals surface area contributed by atoms with Crippen molar-refractivity contribution in [2.45, 2.75) is 31.0 Å². The summed E-state index contributed by atoms with van der Waals surface area (Å²) in [6, 6.07) is 15.4. The summed E-state index contributed by atoms with van der Waals surface area (Å²) in [7, 11) is 0. The number of phenolic OH excluding ortho intramolecular Hbond substituents is 1. The fourth-order valence-corrected chi connectivity index (χ4v) is 4.46. The molecule has 1 N–H and O–H groups in total. The van der Waals surface area contributed by atoms with Gasteiger partial charge in [0.15, 0.2) is 0 Å². The number of hydrogen-bond donors (Lipinski definition) is 1. The van der Waals surface area contributed by atoms with Crippen molar-refractivity contribution in [2.75, 3.05) is 0 Å². The number of phenols is 1. The maximum Gasteiger partial charge on any atom is 0.244 e. The first-order valence-corrected chi connectivity index (χ1v) is 10.6. The van der Waals surface area contributed by atoms with E-state index in [-0.39, 0.29) is 29.5 Å². The Labute approximate surface area is 187 Å². The number of piperidine rings is 1. The topological polar surface area (TPSA) is 96.6 Å². The van der Waals surface area contributed by atoms with Crippen molar-refractivity contribution in [3.8, 4) is 5.75 Å². The van der Waals surface area contributed by atoms with Crippen LogP contribution in [0.15, 0.2) is 77.5 Å². The molecule has 3 aromatic rings. The summed E-state index contributed by atoms with van der Waals surface area (Å²) in [5.74, 6) is -0.667. The maximum absolute atomic E-state index is 13.3. The lowest BCUT2D eigenvalue weighted by Crippen LogP contribution is -2.51. The molecule has 2 heterocycles. The Morgan fingerprint density at radius 1 is 1.10 bits per heavy atom. The molecular formula is C23H20BrN3O4. The highest BCUT2D eigenvalue weighted by atomic mass is 79.9. The van der Waals surface area contributed by atoms with E-state index >= 15 is 0 Å². The molecule has 0 spiro atoms. The molecule has 1 saturated heterocycles. The molecule has 0 aliphatic carbocycles. The number of halogens is 1. The Kier molecular flexibility index (Phi) is 5.99. The van der Waals surface area contributed by atoms with E-state index in [4.69, 9.17) is 0 Å². The number of aromatic hydroxyl groups is 1. The molecule has 4 rings (SSSR count). The molecule has 0 bridgehead atoms. The van der Waals surface area contributed by atoms with Crippen molar-refractivity contribution in [3.05, 3.63) is 104 Å². The zero-order valence-corrected chi connectivity index (χ0v) is 18.1. The number of pyridine rings is 1. The average Bonchev–Trinajstić information content (AvgIpc) is 2.76. The third-order valence-electron chi connectivity index (χ3n) is 5.64. The van der Waals surface area contributed by atoms with Gasteiger partial charge in [0.25, 0.3) is 0 Å². The van der Waals surface area contributed by atoms with Gasteiger partial charge >= 0.3 is 0 Å². The SMILES string of the molecule is O=C1C[C@@H](c2ccc(Br)cc2)[C@H]([N+](=O)[O-])[C@@H](c2ccc(O)cc2)N1Cc1cccnc1. The van der Waals surface area contributed by atoms with E-state index in [1.165, 1.54) is 12.1 Å². The molecule has 7 nitrogen and oxygen atoms in total. The molecular weight excluding hydrogens is 462 g/mol. The fraction of sp³-hybridized carbons (Fsp3) is 0.217. The van der Waals surface area contributed by atoms with Crippen molar-refractivity contribution >= 4 is 21.8 Å². The predicted octanol–water partition coefficient (Wildman–Crippen LogP) is 4.45. The molecule has 3 atom stereocenters. The molecule has 8 heteroatoms. The molecule has 1 aromatic heterocycles. The molecule has 0 radical (unpaired) electrons. The highest BCUT2D eigenvalue weighted by molar-refractivity contribution is 9.10. The molecule has 2 aromatic carbocycles. The van der Waals surface area contributed by atoms with Crippen LogP contribution in [0.25, 0.3) is 0 Å². The lowest BCUT2D eigenvalue weighted by molar-refractivity contribution is -0.537. The monoisotopic (exact) mass is 481 g/mol. The second-order valence-electron chi connectivity index (χ2n) is 7.56. The van der Waals surface area contributed by atoms with Crippen LogP contribution < -0.4 is 0 Å². The zero-order valence-electron chi connectivity index (χ0n) is 16.5. The summed E-state index contributed by atoms with van der Waals surface area (Å²) >= 11 is 3.39. The summed E-state index contributed by atoms with van der Waals surface area (Å²) in [5, 5.41) is 22.1. The molecule has 1 aliphatic rings. The average molecular weight is 482 g/mol. The molecule has 0 unspecified atom stereocenters. The van der Waals surface area contributed by atoms with Crippen LogP contribution in [-0.4, -0.2) is 31.9 Å². The summed E-state index contributed by atoms with van der Waals surface area (Å²) in [6.07, 6.45) is 3.34. The van der Waals surface area contributed by atoms with E-state index in [0.29, 0.717) is 5.56 Å². The smallest absolute Gasteiger partial charge is 0.244 e. The van der Waals surface area contributed by atoms with Crippen LogP contribution in [0.5, 0.6) is 5.75 Å². The van der Waals surface area contributed by atoms with Gasteiger partial charge in [0.05, 0.1) is 5.92 Å². The summed E-state index contributed by atoms with van der Waals surface area (Å²) in [5.41, 5.74) is 2.16. The van der Waals surface area contributed by atoms with Crippen molar-refractivity contribution in [2.24, 2.45) is 0 Å². The second kappa shape index (κ2) is 8.85. The number of carbonyl (C=O) groups is 1. The van der Waals surface area contributed by atoms with Crippen molar-refractivity contribution in [3.63, 3.8) is 0 Å². The molecule has 1 amide bonds. The predicted molar refractivity (Wildman–Crippen MR) is 118 cm³/mol. The number of rotatable bonds is 5. The van der Waals surface area contributed by atoms with E-state index < -0.39 is 18.0 Å². The van der Waals surface area contributed by atoms with E-state index in [0.717, 1.165) is 15.6 Å². The summed E-state index contributed by atoms with van der Waals surface area (Å²) < 4.78 is 0.865. The number of amides is 1. The van der Waals surface area contributed by atoms with Gasteiger partial charge in [-0.05, 0) is 47.0 Å². The number of hydrogen-bond acceptors (Lipinski definition) is 5. The minimum atomic E-state index is -1.04. The standard InChI is InChI=1S/C23H20BrN3O4/c24-18-7-3-16(4-8-18)20-12-21(29)26(14-15-2-1-11-25-13-15)22(23(20)27(30)31)17-5-9-19(28)10-6-17/h1-11,13,20,22-23,28H,12,14H2/t20-,22+,23-/m0/s1. The maximum atomic E-state index is 13.3. The Hall–Kier alpha value is -3.26. The molecule has 158 valence electrons. The number of benzene rings is 2. The number of aromatic nitrogens is 1. The highest BCUT2D eigenvalue weighted by Gasteiger charge is 2.50. The van der Waals surface area contributed by atoms with Crippen LogP contribution >= 0.6 is 15.9 Å². The van der Waals surface area contributed by atoms with Gasteiger partial charge in [0, 0.05) is 34.8 Å². The lowest BCUT2D eigenvalue weighted by Gasteiger charge is -2.41. The zero-order chi connectivity index (χ0) is 22.0. The van der Waals surface area contributed by atoms with Gasteiger partial charge in [-0.1, -0.05) is 46.3 Å². The Balaban J connectivity index is 1.80. The number of likely N-dealkylation sites (tertiary alicyclic amines) is 1. The van der Waals surface area contributed by atoms with Gasteiger partial charge in [0.2, 0.25) is 11.9 Å². The molecule has 1 aliphatic heterocycles. The van der Waals surface area contributed by atoms with Crippen LogP contribution in [0.1, 0.15) is 35.1 Å². The van der Waals surface area contributed by atoms with E-state index in [2.05, 4.69) is 20.9 Å².